The maximum Gasteiger partial charge on any atom is 0.162 e. The molecule has 0 atom stereocenters. The second kappa shape index (κ2) is 6.88. The molecule has 3 rings (SSSR count). The minimum absolute atomic E-state index is 0.775. The predicted octanol–water partition coefficient (Wildman–Crippen LogP) is 4.76. The highest BCUT2D eigenvalue weighted by Gasteiger charge is 2.22. The van der Waals surface area contributed by atoms with Crippen LogP contribution in [0.2, 0.25) is 5.02 Å². The Morgan fingerprint density at radius 3 is 2.50 bits per heavy atom. The molecule has 0 radical (unpaired) electrons. The maximum absolute atomic E-state index is 6.36. The van der Waals surface area contributed by atoms with Gasteiger partial charge in [0.1, 0.15) is 0 Å². The minimum atomic E-state index is 0.775. The number of piperidine rings is 1. The Hall–Kier alpha value is -1.26. The highest BCUT2D eigenvalue weighted by atomic mass is 35.5. The topological polar surface area (TPSA) is 29.0 Å². The summed E-state index contributed by atoms with van der Waals surface area (Å²) >= 11 is 8.05. The molecule has 0 bridgehead atoms. The van der Waals surface area contributed by atoms with Crippen LogP contribution in [0.5, 0.6) is 0 Å². The predicted molar refractivity (Wildman–Crippen MR) is 94.9 cm³/mol. The Morgan fingerprint density at radius 2 is 1.86 bits per heavy atom. The van der Waals surface area contributed by atoms with E-state index in [0.29, 0.717) is 0 Å². The van der Waals surface area contributed by atoms with E-state index in [1.54, 1.807) is 24.2 Å². The van der Waals surface area contributed by atoms with Crippen molar-refractivity contribution in [3.63, 3.8) is 0 Å². The first-order valence-electron chi connectivity index (χ1n) is 7.59. The number of benzene rings is 1. The van der Waals surface area contributed by atoms with Gasteiger partial charge in [-0.05, 0) is 43.2 Å². The van der Waals surface area contributed by atoms with Crippen LogP contribution in [0.15, 0.2) is 35.5 Å². The number of rotatable bonds is 3. The lowest BCUT2D eigenvalue weighted by atomic mass is 9.98. The van der Waals surface area contributed by atoms with Crippen molar-refractivity contribution in [2.45, 2.75) is 24.7 Å². The molecule has 1 aliphatic rings. The molecule has 1 aromatic carbocycles. The molecule has 0 aliphatic carbocycles. The van der Waals surface area contributed by atoms with Crippen LogP contribution in [-0.4, -0.2) is 29.3 Å². The molecular weight excluding hydrogens is 314 g/mol. The highest BCUT2D eigenvalue weighted by Crippen LogP contribution is 2.40. The molecule has 3 nitrogen and oxygen atoms in total. The molecular formula is C17H20ClN3S. The fraction of sp³-hybridized carbons (Fsp3) is 0.412. The lowest BCUT2D eigenvalue weighted by Crippen LogP contribution is -2.33. The fourth-order valence-electron chi connectivity index (χ4n) is 2.88. The van der Waals surface area contributed by atoms with E-state index in [1.165, 1.54) is 12.8 Å². The van der Waals surface area contributed by atoms with Crippen molar-refractivity contribution in [3.05, 3.63) is 35.6 Å². The number of anilines is 1. The Bertz CT molecular complexity index is 640. The normalized spacial score (nSPS) is 16.0. The van der Waals surface area contributed by atoms with E-state index in [0.717, 1.165) is 46.0 Å². The Morgan fingerprint density at radius 1 is 1.18 bits per heavy atom. The van der Waals surface area contributed by atoms with Gasteiger partial charge in [0, 0.05) is 35.4 Å². The van der Waals surface area contributed by atoms with E-state index in [9.17, 15) is 0 Å². The molecule has 1 fully saturated rings. The van der Waals surface area contributed by atoms with Gasteiger partial charge in [0.15, 0.2) is 5.82 Å². The van der Waals surface area contributed by atoms with Gasteiger partial charge in [0.05, 0.1) is 11.3 Å². The monoisotopic (exact) mass is 333 g/mol. The number of nitrogens with zero attached hydrogens (tertiary/aromatic N) is 3. The van der Waals surface area contributed by atoms with Crippen LogP contribution in [0.25, 0.3) is 11.4 Å². The third-order valence-corrected chi connectivity index (χ3v) is 5.16. The zero-order valence-corrected chi connectivity index (χ0v) is 14.5. The summed E-state index contributed by atoms with van der Waals surface area (Å²) in [6, 6.07) is 5.91. The summed E-state index contributed by atoms with van der Waals surface area (Å²) in [5.41, 5.74) is 2.27. The van der Waals surface area contributed by atoms with Crippen LogP contribution in [-0.2, 0) is 0 Å². The first-order valence-corrected chi connectivity index (χ1v) is 9.19. The molecule has 0 spiro atoms. The molecule has 1 saturated heterocycles. The molecule has 1 aromatic heterocycles. The van der Waals surface area contributed by atoms with Crippen molar-refractivity contribution in [2.24, 2.45) is 5.92 Å². The van der Waals surface area contributed by atoms with Gasteiger partial charge in [0.25, 0.3) is 0 Å². The number of hydrogen-bond acceptors (Lipinski definition) is 4. The lowest BCUT2D eigenvalue weighted by molar-refractivity contribution is 0.438. The molecule has 0 saturated carbocycles. The molecule has 2 aromatic rings. The van der Waals surface area contributed by atoms with Crippen LogP contribution < -0.4 is 4.90 Å². The van der Waals surface area contributed by atoms with Crippen LogP contribution in [0.3, 0.4) is 0 Å². The van der Waals surface area contributed by atoms with Crippen LogP contribution in [0, 0.1) is 5.92 Å². The van der Waals surface area contributed by atoms with Crippen molar-refractivity contribution in [3.8, 4) is 11.4 Å². The fourth-order valence-corrected chi connectivity index (χ4v) is 3.80. The summed E-state index contributed by atoms with van der Waals surface area (Å²) in [6.07, 6.45) is 8.10. The minimum Gasteiger partial charge on any atom is -0.371 e. The Kier molecular flexibility index (Phi) is 4.89. The largest absolute Gasteiger partial charge is 0.371 e. The standard InChI is InChI=1S/C17H20ClN3S/c1-12-4-8-21(9-5-12)14-10-13(18)11-15(22-2)16(14)17-19-6-3-7-20-17/h3,6-7,10-12H,4-5,8-9H2,1-2H3. The molecule has 0 N–H and O–H groups in total. The van der Waals surface area contributed by atoms with E-state index in [2.05, 4.69) is 34.1 Å². The molecule has 0 amide bonds. The summed E-state index contributed by atoms with van der Waals surface area (Å²) in [5, 5.41) is 0.776. The van der Waals surface area contributed by atoms with E-state index >= 15 is 0 Å². The van der Waals surface area contributed by atoms with Gasteiger partial charge < -0.3 is 4.90 Å². The van der Waals surface area contributed by atoms with Crippen molar-refractivity contribution < 1.29 is 0 Å². The molecule has 2 heterocycles. The van der Waals surface area contributed by atoms with Gasteiger partial charge in [-0.15, -0.1) is 11.8 Å². The summed E-state index contributed by atoms with van der Waals surface area (Å²) in [6.45, 7) is 4.45. The summed E-state index contributed by atoms with van der Waals surface area (Å²) in [4.78, 5) is 12.5. The second-order valence-electron chi connectivity index (χ2n) is 5.74. The van der Waals surface area contributed by atoms with Crippen molar-refractivity contribution >= 4 is 29.1 Å². The average Bonchev–Trinajstić information content (AvgIpc) is 2.55. The summed E-state index contributed by atoms with van der Waals surface area (Å²) in [5.74, 6) is 1.57. The highest BCUT2D eigenvalue weighted by molar-refractivity contribution is 7.98. The first-order chi connectivity index (χ1) is 10.7. The quantitative estimate of drug-likeness (QED) is 0.757. The van der Waals surface area contributed by atoms with Crippen LogP contribution in [0.4, 0.5) is 5.69 Å². The van der Waals surface area contributed by atoms with Gasteiger partial charge >= 0.3 is 0 Å². The van der Waals surface area contributed by atoms with E-state index in [1.807, 2.05) is 12.1 Å². The molecule has 22 heavy (non-hydrogen) atoms. The number of halogens is 1. The first kappa shape index (κ1) is 15.6. The zero-order valence-electron chi connectivity index (χ0n) is 12.9. The van der Waals surface area contributed by atoms with E-state index in [-0.39, 0.29) is 0 Å². The average molecular weight is 334 g/mol. The maximum atomic E-state index is 6.36. The Balaban J connectivity index is 2.10. The van der Waals surface area contributed by atoms with Gasteiger partial charge in [0.2, 0.25) is 0 Å². The van der Waals surface area contributed by atoms with Gasteiger partial charge in [-0.3, -0.25) is 0 Å². The molecule has 5 heteroatoms. The van der Waals surface area contributed by atoms with Gasteiger partial charge in [-0.1, -0.05) is 18.5 Å². The van der Waals surface area contributed by atoms with Crippen molar-refractivity contribution in [1.29, 1.82) is 0 Å². The zero-order chi connectivity index (χ0) is 15.5. The number of thioether (sulfide) groups is 1. The van der Waals surface area contributed by atoms with E-state index in [4.69, 9.17) is 11.6 Å². The summed E-state index contributed by atoms with van der Waals surface area (Å²) < 4.78 is 0. The number of aromatic nitrogens is 2. The SMILES string of the molecule is CSc1cc(Cl)cc(N2CCC(C)CC2)c1-c1ncccn1. The molecule has 116 valence electrons. The van der Waals surface area contributed by atoms with Crippen LogP contribution >= 0.6 is 23.4 Å². The van der Waals surface area contributed by atoms with Crippen molar-refractivity contribution in [1.82, 2.24) is 9.97 Å². The van der Waals surface area contributed by atoms with Crippen molar-refractivity contribution in [2.75, 3.05) is 24.2 Å². The van der Waals surface area contributed by atoms with Crippen LogP contribution in [0.1, 0.15) is 19.8 Å². The second-order valence-corrected chi connectivity index (χ2v) is 7.03. The summed E-state index contributed by atoms with van der Waals surface area (Å²) in [7, 11) is 0. The van der Waals surface area contributed by atoms with Gasteiger partial charge in [-0.2, -0.15) is 0 Å². The third-order valence-electron chi connectivity index (χ3n) is 4.18. The molecule has 0 unspecified atom stereocenters. The van der Waals surface area contributed by atoms with Gasteiger partial charge in [-0.25, -0.2) is 9.97 Å². The number of hydrogen-bond donors (Lipinski definition) is 0. The van der Waals surface area contributed by atoms with E-state index < -0.39 is 0 Å². The molecule has 1 aliphatic heterocycles. The lowest BCUT2D eigenvalue weighted by Gasteiger charge is -2.34. The Labute approximate surface area is 141 Å². The smallest absolute Gasteiger partial charge is 0.162 e. The third kappa shape index (κ3) is 3.23.